The molecule has 2 unspecified atom stereocenters. The van der Waals surface area contributed by atoms with E-state index in [0.29, 0.717) is 4.90 Å². The van der Waals surface area contributed by atoms with Crippen molar-refractivity contribution in [1.29, 1.82) is 0 Å². The maximum Gasteiger partial charge on any atom is 0.406 e. The monoisotopic (exact) mass is 291 g/mol. The summed E-state index contributed by atoms with van der Waals surface area (Å²) in [6.45, 7) is -1.75. The highest BCUT2D eigenvalue weighted by Crippen LogP contribution is 2.40. The number of aliphatic carboxylic acids is 1. The summed E-state index contributed by atoms with van der Waals surface area (Å²) in [7, 11) is 0. The summed E-state index contributed by atoms with van der Waals surface area (Å²) in [5.41, 5.74) is 0. The summed E-state index contributed by atoms with van der Waals surface area (Å²) in [6, 6.07) is 2.96. The van der Waals surface area contributed by atoms with Gasteiger partial charge in [0.2, 0.25) is 5.91 Å². The van der Waals surface area contributed by atoms with Gasteiger partial charge in [-0.1, -0.05) is 0 Å². The Labute approximate surface area is 112 Å². The molecule has 1 N–H and O–H groups in total. The zero-order valence-electron chi connectivity index (χ0n) is 10.3. The Morgan fingerprint density at radius 2 is 2.10 bits per heavy atom. The molecule has 1 amide bonds. The number of carbonyl (C=O) groups is 2. The molecule has 0 aliphatic heterocycles. The third-order valence-corrected chi connectivity index (χ3v) is 3.03. The number of nitrogens with zero attached hydrogens (tertiary/aromatic N) is 1. The smallest absolute Gasteiger partial charge is 0.406 e. The van der Waals surface area contributed by atoms with Crippen LogP contribution in [-0.4, -0.2) is 34.6 Å². The van der Waals surface area contributed by atoms with Crippen LogP contribution in [0.5, 0.6) is 0 Å². The highest BCUT2D eigenvalue weighted by atomic mass is 19.4. The van der Waals surface area contributed by atoms with Crippen LogP contribution in [0.2, 0.25) is 0 Å². The minimum atomic E-state index is -4.55. The molecule has 1 aromatic rings. The number of carboxylic acids is 1. The van der Waals surface area contributed by atoms with E-state index < -0.39 is 36.4 Å². The van der Waals surface area contributed by atoms with Gasteiger partial charge in [0.1, 0.15) is 12.3 Å². The first-order valence-electron chi connectivity index (χ1n) is 5.88. The molecular formula is C12H12F3NO4. The second-order valence-corrected chi connectivity index (χ2v) is 4.68. The van der Waals surface area contributed by atoms with Gasteiger partial charge in [0.25, 0.3) is 0 Å². The van der Waals surface area contributed by atoms with Crippen LogP contribution in [-0.2, 0) is 16.1 Å². The fraction of sp³-hybridized carbons (Fsp3) is 0.500. The van der Waals surface area contributed by atoms with Crippen LogP contribution in [0.25, 0.3) is 0 Å². The molecule has 0 aromatic carbocycles. The van der Waals surface area contributed by atoms with Gasteiger partial charge in [0.05, 0.1) is 24.6 Å². The van der Waals surface area contributed by atoms with Gasteiger partial charge in [-0.2, -0.15) is 13.2 Å². The van der Waals surface area contributed by atoms with E-state index in [2.05, 4.69) is 0 Å². The summed E-state index contributed by atoms with van der Waals surface area (Å²) in [5, 5.41) is 8.73. The lowest BCUT2D eigenvalue weighted by molar-refractivity contribution is -0.164. The summed E-state index contributed by atoms with van der Waals surface area (Å²) in [5.74, 6) is -3.49. The molecular weight excluding hydrogens is 279 g/mol. The predicted octanol–water partition coefficient (Wildman–Crippen LogP) is 1.89. The van der Waals surface area contributed by atoms with Crippen molar-refractivity contribution in [1.82, 2.24) is 4.90 Å². The first-order chi connectivity index (χ1) is 9.28. The van der Waals surface area contributed by atoms with Gasteiger partial charge in [-0.05, 0) is 18.6 Å². The summed E-state index contributed by atoms with van der Waals surface area (Å²) < 4.78 is 42.4. The molecule has 2 rings (SSSR count). The second kappa shape index (κ2) is 5.18. The molecule has 2 atom stereocenters. The van der Waals surface area contributed by atoms with Gasteiger partial charge in [-0.3, -0.25) is 9.59 Å². The van der Waals surface area contributed by atoms with E-state index in [0.717, 1.165) is 0 Å². The third kappa shape index (κ3) is 3.52. The van der Waals surface area contributed by atoms with E-state index in [1.54, 1.807) is 0 Å². The summed E-state index contributed by atoms with van der Waals surface area (Å²) >= 11 is 0. The van der Waals surface area contributed by atoms with Crippen molar-refractivity contribution in [3.05, 3.63) is 24.2 Å². The largest absolute Gasteiger partial charge is 0.481 e. The molecule has 1 fully saturated rings. The fourth-order valence-corrected chi connectivity index (χ4v) is 1.99. The van der Waals surface area contributed by atoms with Crippen LogP contribution >= 0.6 is 0 Å². The maximum atomic E-state index is 12.5. The van der Waals surface area contributed by atoms with E-state index in [9.17, 15) is 22.8 Å². The number of halogens is 3. The minimum Gasteiger partial charge on any atom is -0.481 e. The van der Waals surface area contributed by atoms with Crippen molar-refractivity contribution in [3.63, 3.8) is 0 Å². The summed E-state index contributed by atoms with van der Waals surface area (Å²) in [6.07, 6.45) is -3.17. The van der Waals surface area contributed by atoms with Crippen LogP contribution in [0.4, 0.5) is 13.2 Å². The molecule has 1 aromatic heterocycles. The van der Waals surface area contributed by atoms with E-state index in [1.807, 2.05) is 0 Å². The average molecular weight is 291 g/mol. The zero-order chi connectivity index (χ0) is 14.9. The molecule has 0 bridgehead atoms. The Morgan fingerprint density at radius 1 is 1.40 bits per heavy atom. The number of furan rings is 1. The molecule has 110 valence electrons. The SMILES string of the molecule is O=C(O)C1CC1C(=O)N(Cc1ccco1)CC(F)(F)F. The first kappa shape index (κ1) is 14.4. The number of carbonyl (C=O) groups excluding carboxylic acids is 1. The lowest BCUT2D eigenvalue weighted by Crippen LogP contribution is -2.39. The second-order valence-electron chi connectivity index (χ2n) is 4.68. The average Bonchev–Trinajstić information content (AvgIpc) is 2.97. The van der Waals surface area contributed by atoms with Crippen molar-refractivity contribution < 1.29 is 32.3 Å². The van der Waals surface area contributed by atoms with Gasteiger partial charge in [-0.15, -0.1) is 0 Å². The molecule has 1 heterocycles. The van der Waals surface area contributed by atoms with Crippen molar-refractivity contribution in [2.24, 2.45) is 11.8 Å². The Morgan fingerprint density at radius 3 is 2.55 bits per heavy atom. The standard InChI is InChI=1S/C12H12F3NO4/c13-12(14,15)6-16(5-7-2-1-3-20-7)10(17)8-4-9(8)11(18)19/h1-3,8-9H,4-6H2,(H,18,19). The van der Waals surface area contributed by atoms with Crippen LogP contribution in [0, 0.1) is 11.8 Å². The molecule has 5 nitrogen and oxygen atoms in total. The van der Waals surface area contributed by atoms with Gasteiger partial charge in [0.15, 0.2) is 0 Å². The van der Waals surface area contributed by atoms with Crippen LogP contribution in [0.3, 0.4) is 0 Å². The van der Waals surface area contributed by atoms with Crippen molar-refractivity contribution in [2.75, 3.05) is 6.54 Å². The van der Waals surface area contributed by atoms with E-state index >= 15 is 0 Å². The van der Waals surface area contributed by atoms with Crippen molar-refractivity contribution in [3.8, 4) is 0 Å². The lowest BCUT2D eigenvalue weighted by Gasteiger charge is -2.23. The number of hydrogen-bond acceptors (Lipinski definition) is 3. The Balaban J connectivity index is 2.06. The quantitative estimate of drug-likeness (QED) is 0.899. The molecule has 0 saturated heterocycles. The molecule has 1 aliphatic carbocycles. The van der Waals surface area contributed by atoms with Crippen molar-refractivity contribution >= 4 is 11.9 Å². The number of amides is 1. The van der Waals surface area contributed by atoms with Gasteiger partial charge >= 0.3 is 12.1 Å². The maximum absolute atomic E-state index is 12.5. The van der Waals surface area contributed by atoms with Gasteiger partial charge in [-0.25, -0.2) is 0 Å². The van der Waals surface area contributed by atoms with Crippen LogP contribution in [0.15, 0.2) is 22.8 Å². The Hall–Kier alpha value is -1.99. The highest BCUT2D eigenvalue weighted by molar-refractivity contribution is 5.89. The van der Waals surface area contributed by atoms with E-state index in [4.69, 9.17) is 9.52 Å². The van der Waals surface area contributed by atoms with Crippen LogP contribution < -0.4 is 0 Å². The highest BCUT2D eigenvalue weighted by Gasteiger charge is 2.51. The molecule has 1 aliphatic rings. The third-order valence-electron chi connectivity index (χ3n) is 3.03. The molecule has 20 heavy (non-hydrogen) atoms. The lowest BCUT2D eigenvalue weighted by atomic mass is 10.2. The molecule has 8 heteroatoms. The normalized spacial score (nSPS) is 21.6. The topological polar surface area (TPSA) is 70.8 Å². The zero-order valence-corrected chi connectivity index (χ0v) is 10.3. The van der Waals surface area contributed by atoms with E-state index in [-0.39, 0.29) is 18.7 Å². The minimum absolute atomic E-state index is 0.0840. The number of rotatable bonds is 5. The van der Waals surface area contributed by atoms with E-state index in [1.165, 1.54) is 18.4 Å². The van der Waals surface area contributed by atoms with Gasteiger partial charge < -0.3 is 14.4 Å². The number of carboxylic acid groups (broad SMARTS) is 1. The summed E-state index contributed by atoms with van der Waals surface area (Å²) in [4.78, 5) is 23.2. The van der Waals surface area contributed by atoms with Gasteiger partial charge in [0, 0.05) is 0 Å². The molecule has 0 radical (unpaired) electrons. The molecule has 0 spiro atoms. The Bertz CT molecular complexity index is 497. The predicted molar refractivity (Wildman–Crippen MR) is 59.4 cm³/mol. The fourth-order valence-electron chi connectivity index (χ4n) is 1.99. The van der Waals surface area contributed by atoms with Crippen LogP contribution in [0.1, 0.15) is 12.2 Å². The first-order valence-corrected chi connectivity index (χ1v) is 5.88. The number of hydrogen-bond donors (Lipinski definition) is 1. The van der Waals surface area contributed by atoms with Crippen molar-refractivity contribution in [2.45, 2.75) is 19.1 Å². The Kier molecular flexibility index (Phi) is 3.74. The molecule has 1 saturated carbocycles. The number of alkyl halides is 3.